The average molecular weight is 393 g/mol. The molecular formula is C20H19N5O2S. The van der Waals surface area contributed by atoms with Crippen LogP contribution >= 0.6 is 11.3 Å². The van der Waals surface area contributed by atoms with Gasteiger partial charge in [-0.1, -0.05) is 31.2 Å². The maximum absolute atomic E-state index is 12.5. The van der Waals surface area contributed by atoms with Crippen LogP contribution in [0.5, 0.6) is 0 Å². The van der Waals surface area contributed by atoms with Gasteiger partial charge in [-0.25, -0.2) is 9.48 Å². The first-order valence-corrected chi connectivity index (χ1v) is 9.79. The van der Waals surface area contributed by atoms with Crippen LogP contribution in [0.25, 0.3) is 16.3 Å². The molecule has 4 rings (SSSR count). The predicted molar refractivity (Wildman–Crippen MR) is 109 cm³/mol. The van der Waals surface area contributed by atoms with Crippen molar-refractivity contribution in [3.05, 3.63) is 59.6 Å². The number of hydrogen-bond donors (Lipinski definition) is 1. The molecule has 1 aliphatic rings. The number of carbonyl (C=O) groups excluding carboxylic acids is 2. The Kier molecular flexibility index (Phi) is 4.56. The van der Waals surface area contributed by atoms with Crippen molar-refractivity contribution in [2.45, 2.75) is 25.8 Å². The molecule has 3 amide bonds. The van der Waals surface area contributed by atoms with Crippen LogP contribution in [0.4, 0.5) is 4.79 Å². The van der Waals surface area contributed by atoms with Gasteiger partial charge >= 0.3 is 6.03 Å². The van der Waals surface area contributed by atoms with Gasteiger partial charge in [0.1, 0.15) is 11.2 Å². The van der Waals surface area contributed by atoms with Crippen LogP contribution in [0.3, 0.4) is 0 Å². The summed E-state index contributed by atoms with van der Waals surface area (Å²) >= 11 is 1.56. The van der Waals surface area contributed by atoms with Gasteiger partial charge in [0.2, 0.25) is 0 Å². The van der Waals surface area contributed by atoms with Crippen LogP contribution in [0.1, 0.15) is 25.8 Å². The van der Waals surface area contributed by atoms with Gasteiger partial charge in [0.25, 0.3) is 5.91 Å². The molecule has 3 aromatic rings. The molecule has 0 bridgehead atoms. The first kappa shape index (κ1) is 18.1. The number of rotatable bonds is 5. The number of aromatic nitrogens is 2. The summed E-state index contributed by atoms with van der Waals surface area (Å²) in [6.07, 6.45) is 3.85. The van der Waals surface area contributed by atoms with E-state index in [1.54, 1.807) is 22.9 Å². The van der Waals surface area contributed by atoms with Gasteiger partial charge in [-0.05, 0) is 36.9 Å². The number of hydrogen-bond acceptors (Lipinski definition) is 5. The normalized spacial score (nSPS) is 19.6. The lowest BCUT2D eigenvalue weighted by atomic mass is 10.00. The van der Waals surface area contributed by atoms with Gasteiger partial charge in [-0.15, -0.1) is 16.3 Å². The van der Waals surface area contributed by atoms with Crippen molar-refractivity contribution in [2.24, 2.45) is 5.10 Å². The van der Waals surface area contributed by atoms with Crippen molar-refractivity contribution in [2.75, 3.05) is 0 Å². The molecule has 0 unspecified atom stereocenters. The average Bonchev–Trinajstić information content (AvgIpc) is 3.41. The second kappa shape index (κ2) is 7.05. The lowest BCUT2D eigenvalue weighted by molar-refractivity contribution is -0.130. The van der Waals surface area contributed by atoms with E-state index < -0.39 is 11.6 Å². The van der Waals surface area contributed by atoms with E-state index >= 15 is 0 Å². The highest BCUT2D eigenvalue weighted by Gasteiger charge is 2.46. The van der Waals surface area contributed by atoms with Gasteiger partial charge < -0.3 is 5.32 Å². The highest BCUT2D eigenvalue weighted by atomic mass is 32.1. The summed E-state index contributed by atoms with van der Waals surface area (Å²) in [5.74, 6) is -0.357. The number of benzene rings is 1. The zero-order valence-electron chi connectivity index (χ0n) is 15.5. The second-order valence-corrected chi connectivity index (χ2v) is 7.62. The molecule has 1 aliphatic heterocycles. The molecule has 1 fully saturated rings. The monoisotopic (exact) mass is 393 g/mol. The number of carbonyl (C=O) groups is 2. The molecule has 0 aliphatic carbocycles. The second-order valence-electron chi connectivity index (χ2n) is 6.67. The molecule has 0 saturated carbocycles. The molecule has 3 heterocycles. The van der Waals surface area contributed by atoms with Gasteiger partial charge in [-0.2, -0.15) is 10.2 Å². The fourth-order valence-corrected chi connectivity index (χ4v) is 3.66. The van der Waals surface area contributed by atoms with Crippen molar-refractivity contribution in [3.63, 3.8) is 0 Å². The molecule has 2 aromatic heterocycles. The molecule has 7 nitrogen and oxygen atoms in total. The Morgan fingerprint density at radius 1 is 1.21 bits per heavy atom. The van der Waals surface area contributed by atoms with E-state index in [0.717, 1.165) is 26.8 Å². The number of thiophene rings is 1. The molecule has 28 heavy (non-hydrogen) atoms. The quantitative estimate of drug-likeness (QED) is 0.531. The van der Waals surface area contributed by atoms with E-state index in [0.29, 0.717) is 6.42 Å². The Bertz CT molecular complexity index is 1040. The molecule has 1 saturated heterocycles. The molecular weight excluding hydrogens is 374 g/mol. The van der Waals surface area contributed by atoms with E-state index in [2.05, 4.69) is 15.5 Å². The van der Waals surface area contributed by atoms with Crippen LogP contribution in [0, 0.1) is 0 Å². The largest absolute Gasteiger partial charge is 0.346 e. The van der Waals surface area contributed by atoms with Crippen LogP contribution in [0.15, 0.2) is 59.1 Å². The Morgan fingerprint density at radius 2 is 2.00 bits per heavy atom. The summed E-state index contributed by atoms with van der Waals surface area (Å²) in [6.45, 7) is 3.55. The maximum Gasteiger partial charge on any atom is 0.346 e. The lowest BCUT2D eigenvalue weighted by Crippen LogP contribution is -2.42. The molecule has 1 N–H and O–H groups in total. The van der Waals surface area contributed by atoms with E-state index in [-0.39, 0.29) is 5.91 Å². The van der Waals surface area contributed by atoms with Gasteiger partial charge in [-0.3, -0.25) is 4.79 Å². The third-order valence-electron chi connectivity index (χ3n) is 4.78. The number of urea groups is 1. The predicted octanol–water partition coefficient (Wildman–Crippen LogP) is 3.66. The number of nitrogens with one attached hydrogen (secondary N) is 1. The fraction of sp³-hybridized carbons (Fsp3) is 0.200. The topological polar surface area (TPSA) is 79.6 Å². The van der Waals surface area contributed by atoms with E-state index in [1.807, 2.05) is 61.0 Å². The summed E-state index contributed by atoms with van der Waals surface area (Å²) < 4.78 is 1.76. The van der Waals surface area contributed by atoms with Gasteiger partial charge in [0.15, 0.2) is 0 Å². The van der Waals surface area contributed by atoms with Gasteiger partial charge in [0, 0.05) is 11.8 Å². The zero-order chi connectivity index (χ0) is 19.7. The summed E-state index contributed by atoms with van der Waals surface area (Å²) in [5, 5.41) is 14.4. The first-order valence-electron chi connectivity index (χ1n) is 8.91. The molecule has 1 atom stereocenters. The molecule has 8 heteroatoms. The van der Waals surface area contributed by atoms with Crippen molar-refractivity contribution in [1.29, 1.82) is 0 Å². The highest BCUT2D eigenvalue weighted by Crippen LogP contribution is 2.27. The summed E-state index contributed by atoms with van der Waals surface area (Å²) in [6, 6.07) is 13.1. The minimum Gasteiger partial charge on any atom is -0.322 e. The number of para-hydroxylation sites is 1. The lowest BCUT2D eigenvalue weighted by Gasteiger charge is -2.17. The molecule has 1 aromatic carbocycles. The maximum atomic E-state index is 12.5. The minimum atomic E-state index is -0.917. The molecule has 142 valence electrons. The Hall–Kier alpha value is -3.26. The third-order valence-corrected chi connectivity index (χ3v) is 5.65. The van der Waals surface area contributed by atoms with Crippen LogP contribution in [-0.4, -0.2) is 38.5 Å². The number of amides is 3. The van der Waals surface area contributed by atoms with Crippen molar-refractivity contribution in [3.8, 4) is 16.3 Å². The standard InChI is InChI=1S/C20H19N5O2S/c1-3-20(2)18(26)25(19(27)22-20)21-12-14-13-24(15-8-5-4-6-9-15)23-17(14)16-10-7-11-28-16/h4-13H,3H2,1-2H3,(H,22,27)/t20-/m0/s1. The summed E-state index contributed by atoms with van der Waals surface area (Å²) in [7, 11) is 0. The smallest absolute Gasteiger partial charge is 0.322 e. The van der Waals surface area contributed by atoms with E-state index in [9.17, 15) is 9.59 Å². The zero-order valence-corrected chi connectivity index (χ0v) is 16.3. The van der Waals surface area contributed by atoms with Gasteiger partial charge in [0.05, 0.1) is 16.8 Å². The van der Waals surface area contributed by atoms with Crippen LogP contribution in [-0.2, 0) is 4.79 Å². The van der Waals surface area contributed by atoms with Crippen molar-refractivity contribution >= 4 is 29.5 Å². The minimum absolute atomic E-state index is 0.357. The third kappa shape index (κ3) is 3.11. The Balaban J connectivity index is 1.71. The SMILES string of the molecule is CC[C@]1(C)NC(=O)N(N=Cc2cn(-c3ccccc3)nc2-c2cccs2)C1=O. The molecule has 0 radical (unpaired) electrons. The Morgan fingerprint density at radius 3 is 2.64 bits per heavy atom. The summed E-state index contributed by atoms with van der Waals surface area (Å²) in [5.41, 5.74) is 1.46. The Labute approximate surface area is 166 Å². The van der Waals surface area contributed by atoms with Crippen LogP contribution < -0.4 is 5.32 Å². The van der Waals surface area contributed by atoms with E-state index in [4.69, 9.17) is 0 Å². The number of nitrogens with zero attached hydrogens (tertiary/aromatic N) is 4. The van der Waals surface area contributed by atoms with Crippen molar-refractivity contribution in [1.82, 2.24) is 20.1 Å². The number of imide groups is 1. The van der Waals surface area contributed by atoms with Crippen molar-refractivity contribution < 1.29 is 9.59 Å². The number of hydrazone groups is 1. The first-order chi connectivity index (χ1) is 13.5. The highest BCUT2D eigenvalue weighted by molar-refractivity contribution is 7.13. The molecule has 0 spiro atoms. The van der Waals surface area contributed by atoms with E-state index in [1.165, 1.54) is 6.21 Å². The van der Waals surface area contributed by atoms with Crippen LogP contribution in [0.2, 0.25) is 0 Å². The summed E-state index contributed by atoms with van der Waals surface area (Å²) in [4.78, 5) is 25.7. The fourth-order valence-electron chi connectivity index (χ4n) is 2.93.